The van der Waals surface area contributed by atoms with Crippen molar-refractivity contribution in [1.82, 2.24) is 0 Å². The summed E-state index contributed by atoms with van der Waals surface area (Å²) in [5.74, 6) is -0.447. The third-order valence-electron chi connectivity index (χ3n) is 4.13. The van der Waals surface area contributed by atoms with Crippen LogP contribution in [0.5, 0.6) is 17.2 Å². The molecular weight excluding hydrogens is 284 g/mol. The number of aliphatic carboxylic acids is 1. The standard InChI is InChI=1S/C14H15ClO5/c15-10-11(16)8(7-9-12(10)20-6-5-19-9)14(13(17)18)3-1-2-4-14/h7,16H,1-6H2,(H,17,18). The lowest BCUT2D eigenvalue weighted by molar-refractivity contribution is -0.143. The summed E-state index contributed by atoms with van der Waals surface area (Å²) in [6, 6.07) is 1.56. The SMILES string of the molecule is O=C(O)C1(c2cc3c(c(Cl)c2O)OCCO3)CCCC1. The third-order valence-corrected chi connectivity index (χ3v) is 4.48. The van der Waals surface area contributed by atoms with Crippen molar-refractivity contribution >= 4 is 17.6 Å². The lowest BCUT2D eigenvalue weighted by Gasteiger charge is -2.28. The molecule has 1 aromatic carbocycles. The molecule has 0 aromatic heterocycles. The van der Waals surface area contributed by atoms with Crippen LogP contribution in [0.2, 0.25) is 5.02 Å². The summed E-state index contributed by atoms with van der Waals surface area (Å²) in [6.45, 7) is 0.739. The van der Waals surface area contributed by atoms with Gasteiger partial charge in [-0.05, 0) is 18.9 Å². The summed E-state index contributed by atoms with van der Waals surface area (Å²) in [5.41, 5.74) is -0.749. The maximum Gasteiger partial charge on any atom is 0.314 e. The first-order chi connectivity index (χ1) is 9.56. The van der Waals surface area contributed by atoms with E-state index in [0.717, 1.165) is 12.8 Å². The van der Waals surface area contributed by atoms with Crippen molar-refractivity contribution in [2.24, 2.45) is 0 Å². The Labute approximate surface area is 121 Å². The van der Waals surface area contributed by atoms with Crippen molar-refractivity contribution < 1.29 is 24.5 Å². The minimum atomic E-state index is -1.08. The van der Waals surface area contributed by atoms with E-state index in [4.69, 9.17) is 21.1 Å². The Bertz CT molecular complexity index is 563. The summed E-state index contributed by atoms with van der Waals surface area (Å²) < 4.78 is 10.9. The second-order valence-corrected chi connectivity index (χ2v) is 5.58. The molecule has 20 heavy (non-hydrogen) atoms. The Morgan fingerprint density at radius 3 is 2.55 bits per heavy atom. The molecule has 0 atom stereocenters. The Hall–Kier alpha value is -1.62. The first kappa shape index (κ1) is 13.4. The lowest BCUT2D eigenvalue weighted by atomic mass is 9.78. The van der Waals surface area contributed by atoms with E-state index < -0.39 is 11.4 Å². The predicted molar refractivity (Wildman–Crippen MR) is 71.9 cm³/mol. The molecule has 1 aromatic rings. The molecule has 108 valence electrons. The van der Waals surface area contributed by atoms with Crippen LogP contribution in [0.15, 0.2) is 6.07 Å². The number of carboxylic acids is 1. The molecule has 1 heterocycles. The van der Waals surface area contributed by atoms with E-state index in [2.05, 4.69) is 0 Å². The van der Waals surface area contributed by atoms with Crippen LogP contribution in [0, 0.1) is 0 Å². The maximum atomic E-state index is 11.7. The molecule has 0 unspecified atom stereocenters. The van der Waals surface area contributed by atoms with Gasteiger partial charge in [-0.15, -0.1) is 0 Å². The largest absolute Gasteiger partial charge is 0.506 e. The molecular formula is C14H15ClO5. The number of hydrogen-bond donors (Lipinski definition) is 2. The van der Waals surface area contributed by atoms with Gasteiger partial charge in [-0.3, -0.25) is 4.79 Å². The van der Waals surface area contributed by atoms with Gasteiger partial charge in [-0.2, -0.15) is 0 Å². The quantitative estimate of drug-likeness (QED) is 0.878. The number of hydrogen-bond acceptors (Lipinski definition) is 4. The molecule has 2 N–H and O–H groups in total. The molecule has 0 bridgehead atoms. The number of phenols is 1. The van der Waals surface area contributed by atoms with E-state index >= 15 is 0 Å². The van der Waals surface area contributed by atoms with Gasteiger partial charge in [0.1, 0.15) is 24.0 Å². The van der Waals surface area contributed by atoms with Crippen LogP contribution in [-0.2, 0) is 10.2 Å². The first-order valence-corrected chi connectivity index (χ1v) is 6.99. The van der Waals surface area contributed by atoms with E-state index in [-0.39, 0.29) is 16.5 Å². The highest BCUT2D eigenvalue weighted by Gasteiger charge is 2.46. The van der Waals surface area contributed by atoms with Gasteiger partial charge in [0.05, 0.1) is 5.41 Å². The molecule has 0 amide bonds. The Balaban J connectivity index is 2.18. The minimum Gasteiger partial charge on any atom is -0.506 e. The highest BCUT2D eigenvalue weighted by molar-refractivity contribution is 6.34. The number of phenolic OH excluding ortho intramolecular Hbond substituents is 1. The fourth-order valence-electron chi connectivity index (χ4n) is 3.08. The summed E-state index contributed by atoms with van der Waals surface area (Å²) >= 11 is 6.11. The van der Waals surface area contributed by atoms with Gasteiger partial charge in [0, 0.05) is 5.56 Å². The average molecular weight is 299 g/mol. The third kappa shape index (κ3) is 1.80. The second-order valence-electron chi connectivity index (χ2n) is 5.21. The van der Waals surface area contributed by atoms with Crippen LogP contribution in [0.1, 0.15) is 31.2 Å². The van der Waals surface area contributed by atoms with Crippen LogP contribution in [0.3, 0.4) is 0 Å². The van der Waals surface area contributed by atoms with Crippen molar-refractivity contribution in [1.29, 1.82) is 0 Å². The van der Waals surface area contributed by atoms with Gasteiger partial charge in [-0.1, -0.05) is 24.4 Å². The molecule has 0 saturated heterocycles. The maximum absolute atomic E-state index is 11.7. The molecule has 6 heteroatoms. The number of carboxylic acid groups (broad SMARTS) is 1. The summed E-state index contributed by atoms with van der Waals surface area (Å²) in [7, 11) is 0. The molecule has 0 spiro atoms. The molecule has 0 radical (unpaired) electrons. The second kappa shape index (κ2) is 4.74. The number of fused-ring (bicyclic) bond motifs is 1. The predicted octanol–water partition coefficient (Wildman–Crippen LogP) is 2.71. The summed E-state index contributed by atoms with van der Waals surface area (Å²) in [4.78, 5) is 11.7. The number of halogens is 1. The van der Waals surface area contributed by atoms with E-state index in [1.807, 2.05) is 0 Å². The molecule has 1 fully saturated rings. The van der Waals surface area contributed by atoms with E-state index in [1.54, 1.807) is 6.07 Å². The van der Waals surface area contributed by atoms with Crippen LogP contribution in [-0.4, -0.2) is 29.4 Å². The lowest BCUT2D eigenvalue weighted by Crippen LogP contribution is -2.33. The summed E-state index contributed by atoms with van der Waals surface area (Å²) in [5, 5.41) is 19.9. The molecule has 1 aliphatic carbocycles. The Kier molecular flexibility index (Phi) is 3.17. The molecule has 1 aliphatic heterocycles. The Morgan fingerprint density at radius 2 is 1.90 bits per heavy atom. The average Bonchev–Trinajstić information content (AvgIpc) is 2.93. The molecule has 3 rings (SSSR count). The van der Waals surface area contributed by atoms with Crippen molar-refractivity contribution in [2.45, 2.75) is 31.1 Å². The minimum absolute atomic E-state index is 0.0322. The van der Waals surface area contributed by atoms with E-state index in [1.165, 1.54) is 0 Å². The highest BCUT2D eigenvalue weighted by atomic mass is 35.5. The topological polar surface area (TPSA) is 76.0 Å². The van der Waals surface area contributed by atoms with Gasteiger partial charge in [0.25, 0.3) is 0 Å². The molecule has 5 nitrogen and oxygen atoms in total. The van der Waals surface area contributed by atoms with E-state index in [0.29, 0.717) is 37.4 Å². The number of carbonyl (C=O) groups is 1. The number of rotatable bonds is 2. The van der Waals surface area contributed by atoms with Crippen molar-refractivity contribution in [3.8, 4) is 17.2 Å². The van der Waals surface area contributed by atoms with Gasteiger partial charge in [0.15, 0.2) is 11.5 Å². The van der Waals surface area contributed by atoms with Gasteiger partial charge < -0.3 is 19.7 Å². The van der Waals surface area contributed by atoms with Gasteiger partial charge in [0.2, 0.25) is 0 Å². The summed E-state index contributed by atoms with van der Waals surface area (Å²) in [6.07, 6.45) is 2.62. The Morgan fingerprint density at radius 1 is 1.25 bits per heavy atom. The zero-order valence-electron chi connectivity index (χ0n) is 10.8. The first-order valence-electron chi connectivity index (χ1n) is 6.61. The highest BCUT2D eigenvalue weighted by Crippen LogP contribution is 2.52. The van der Waals surface area contributed by atoms with Crippen LogP contribution in [0.4, 0.5) is 0 Å². The fourth-order valence-corrected chi connectivity index (χ4v) is 3.33. The zero-order chi connectivity index (χ0) is 14.3. The number of ether oxygens (including phenoxy) is 2. The van der Waals surface area contributed by atoms with Crippen molar-refractivity contribution in [2.75, 3.05) is 13.2 Å². The fraction of sp³-hybridized carbons (Fsp3) is 0.500. The van der Waals surface area contributed by atoms with Gasteiger partial charge in [-0.25, -0.2) is 0 Å². The molecule has 2 aliphatic rings. The number of aromatic hydroxyl groups is 1. The van der Waals surface area contributed by atoms with E-state index in [9.17, 15) is 15.0 Å². The van der Waals surface area contributed by atoms with Crippen LogP contribution in [0.25, 0.3) is 0 Å². The molecule has 1 saturated carbocycles. The number of benzene rings is 1. The van der Waals surface area contributed by atoms with Crippen molar-refractivity contribution in [3.63, 3.8) is 0 Å². The smallest absolute Gasteiger partial charge is 0.314 e. The van der Waals surface area contributed by atoms with Crippen molar-refractivity contribution in [3.05, 3.63) is 16.7 Å². The normalized spacial score (nSPS) is 19.9. The zero-order valence-corrected chi connectivity index (χ0v) is 11.6. The monoisotopic (exact) mass is 298 g/mol. The van der Waals surface area contributed by atoms with Gasteiger partial charge >= 0.3 is 5.97 Å². The van der Waals surface area contributed by atoms with Crippen LogP contribution < -0.4 is 9.47 Å². The van der Waals surface area contributed by atoms with Crippen LogP contribution >= 0.6 is 11.6 Å².